The number of carbonyl (C=O) groups excluding carboxylic acids is 1. The quantitative estimate of drug-likeness (QED) is 0.863. The van der Waals surface area contributed by atoms with Crippen LogP contribution in [-0.4, -0.2) is 43.4 Å². The molecule has 0 bridgehead atoms. The van der Waals surface area contributed by atoms with E-state index in [0.717, 1.165) is 5.75 Å². The van der Waals surface area contributed by atoms with Crippen LogP contribution in [0.25, 0.3) is 0 Å². The fourth-order valence-electron chi connectivity index (χ4n) is 2.08. The van der Waals surface area contributed by atoms with Gasteiger partial charge in [-0.25, -0.2) is 8.42 Å². The number of thioether (sulfide) groups is 1. The van der Waals surface area contributed by atoms with E-state index in [-0.39, 0.29) is 28.4 Å². The highest BCUT2D eigenvalue weighted by atomic mass is 32.2. The molecule has 7 heteroatoms. The predicted octanol–water partition coefficient (Wildman–Crippen LogP) is 1.94. The Balaban J connectivity index is 1.76. The lowest BCUT2D eigenvalue weighted by Gasteiger charge is -2.09. The van der Waals surface area contributed by atoms with Crippen LogP contribution >= 0.6 is 11.8 Å². The number of rotatable bonds is 6. The van der Waals surface area contributed by atoms with Gasteiger partial charge in [0.05, 0.1) is 23.9 Å². The Morgan fingerprint density at radius 3 is 2.67 bits per heavy atom. The summed E-state index contributed by atoms with van der Waals surface area (Å²) in [6, 6.07) is 7.17. The van der Waals surface area contributed by atoms with Crippen molar-refractivity contribution in [1.29, 1.82) is 0 Å². The van der Waals surface area contributed by atoms with Crippen molar-refractivity contribution in [2.45, 2.75) is 18.6 Å². The summed E-state index contributed by atoms with van der Waals surface area (Å²) in [5.74, 6) is 1.35. The zero-order valence-electron chi connectivity index (χ0n) is 11.9. The smallest absolute Gasteiger partial charge is 0.234 e. The summed E-state index contributed by atoms with van der Waals surface area (Å²) in [6.07, 6.45) is 0.642. The largest absolute Gasteiger partial charge is 0.494 e. The van der Waals surface area contributed by atoms with Gasteiger partial charge in [-0.15, -0.1) is 11.8 Å². The second-order valence-corrected chi connectivity index (χ2v) is 8.36. The molecule has 21 heavy (non-hydrogen) atoms. The topological polar surface area (TPSA) is 72.5 Å². The molecule has 0 saturated carbocycles. The van der Waals surface area contributed by atoms with E-state index >= 15 is 0 Å². The summed E-state index contributed by atoms with van der Waals surface area (Å²) in [6.45, 7) is 2.52. The van der Waals surface area contributed by atoms with Gasteiger partial charge in [-0.2, -0.15) is 0 Å². The lowest BCUT2D eigenvalue weighted by Crippen LogP contribution is -2.17. The van der Waals surface area contributed by atoms with E-state index in [2.05, 4.69) is 5.32 Å². The Morgan fingerprint density at radius 1 is 1.38 bits per heavy atom. The van der Waals surface area contributed by atoms with Crippen LogP contribution in [0, 0.1) is 0 Å². The summed E-state index contributed by atoms with van der Waals surface area (Å²) in [7, 11) is -2.88. The molecule has 1 atom stereocenters. The van der Waals surface area contributed by atoms with Crippen LogP contribution in [0.2, 0.25) is 0 Å². The summed E-state index contributed by atoms with van der Waals surface area (Å²) in [5, 5.41) is 2.83. The van der Waals surface area contributed by atoms with Crippen molar-refractivity contribution in [3.8, 4) is 5.75 Å². The molecule has 1 N–H and O–H groups in total. The Hall–Kier alpha value is -1.21. The van der Waals surface area contributed by atoms with Crippen molar-refractivity contribution in [2.75, 3.05) is 29.2 Å². The molecule has 0 spiro atoms. The van der Waals surface area contributed by atoms with Gasteiger partial charge in [-0.1, -0.05) is 0 Å². The molecule has 0 unspecified atom stereocenters. The minimum atomic E-state index is -2.88. The number of hydrogen-bond donors (Lipinski definition) is 1. The molecule has 0 radical (unpaired) electrons. The Kier molecular flexibility index (Phi) is 5.52. The summed E-state index contributed by atoms with van der Waals surface area (Å²) in [5.41, 5.74) is 0.711. The highest BCUT2D eigenvalue weighted by Crippen LogP contribution is 2.24. The Morgan fingerprint density at radius 2 is 2.10 bits per heavy atom. The molecule has 1 aromatic rings. The van der Waals surface area contributed by atoms with E-state index in [1.807, 2.05) is 6.92 Å². The molecule has 116 valence electrons. The zero-order valence-corrected chi connectivity index (χ0v) is 13.5. The fourth-order valence-corrected chi connectivity index (χ4v) is 5.53. The van der Waals surface area contributed by atoms with E-state index in [4.69, 9.17) is 4.74 Å². The number of nitrogens with one attached hydrogen (secondary N) is 1. The molecule has 1 saturated heterocycles. The van der Waals surface area contributed by atoms with E-state index in [0.29, 0.717) is 18.7 Å². The molecule has 1 aliphatic heterocycles. The van der Waals surface area contributed by atoms with Crippen LogP contribution in [0.15, 0.2) is 24.3 Å². The van der Waals surface area contributed by atoms with Crippen molar-refractivity contribution >= 4 is 33.2 Å². The number of benzene rings is 1. The second-order valence-electron chi connectivity index (χ2n) is 4.84. The monoisotopic (exact) mass is 329 g/mol. The molecule has 1 heterocycles. The maximum absolute atomic E-state index is 11.8. The van der Waals surface area contributed by atoms with Crippen LogP contribution in [0.3, 0.4) is 0 Å². The molecule has 1 aliphatic rings. The minimum Gasteiger partial charge on any atom is -0.494 e. The summed E-state index contributed by atoms with van der Waals surface area (Å²) in [4.78, 5) is 11.8. The average Bonchev–Trinajstić information content (AvgIpc) is 2.79. The number of anilines is 1. The predicted molar refractivity (Wildman–Crippen MR) is 85.8 cm³/mol. The lowest BCUT2D eigenvalue weighted by atomic mass is 10.3. The van der Waals surface area contributed by atoms with Crippen LogP contribution in [-0.2, 0) is 14.6 Å². The second kappa shape index (κ2) is 7.17. The first kappa shape index (κ1) is 16.2. The van der Waals surface area contributed by atoms with E-state index < -0.39 is 9.84 Å². The van der Waals surface area contributed by atoms with Crippen molar-refractivity contribution in [3.05, 3.63) is 24.3 Å². The van der Waals surface area contributed by atoms with Gasteiger partial charge >= 0.3 is 0 Å². The maximum atomic E-state index is 11.8. The summed E-state index contributed by atoms with van der Waals surface area (Å²) < 4.78 is 28.0. The van der Waals surface area contributed by atoms with Crippen molar-refractivity contribution in [3.63, 3.8) is 0 Å². The van der Waals surface area contributed by atoms with Crippen molar-refractivity contribution in [1.82, 2.24) is 0 Å². The molecule has 2 rings (SSSR count). The third-order valence-corrected chi connectivity index (χ3v) is 6.37. The van der Waals surface area contributed by atoms with Gasteiger partial charge in [0.25, 0.3) is 0 Å². The van der Waals surface area contributed by atoms with Gasteiger partial charge in [0.2, 0.25) is 5.91 Å². The first-order valence-corrected chi connectivity index (χ1v) is 9.70. The van der Waals surface area contributed by atoms with Crippen molar-refractivity contribution in [2.24, 2.45) is 0 Å². The Labute approximate surface area is 129 Å². The summed E-state index contributed by atoms with van der Waals surface area (Å²) >= 11 is 1.41. The first-order valence-electron chi connectivity index (χ1n) is 6.83. The van der Waals surface area contributed by atoms with Crippen molar-refractivity contribution < 1.29 is 17.9 Å². The molecule has 1 amide bonds. The number of ether oxygens (including phenoxy) is 1. The van der Waals surface area contributed by atoms with Crippen LogP contribution in [0.5, 0.6) is 5.75 Å². The maximum Gasteiger partial charge on any atom is 0.234 e. The Bertz CT molecular complexity index is 583. The van der Waals surface area contributed by atoms with Gasteiger partial charge in [0.15, 0.2) is 9.84 Å². The van der Waals surface area contributed by atoms with E-state index in [1.54, 1.807) is 24.3 Å². The standard InChI is InChI=1S/C14H19NO4S2/c1-2-19-12-5-3-11(4-6-12)15-14(16)9-20-13-7-8-21(17,18)10-13/h3-6,13H,2,7-10H2,1H3,(H,15,16)/t13-/m0/s1. The fraction of sp³-hybridized carbons (Fsp3) is 0.500. The number of hydrogen-bond acceptors (Lipinski definition) is 5. The van der Waals surface area contributed by atoms with Gasteiger partial charge < -0.3 is 10.1 Å². The lowest BCUT2D eigenvalue weighted by molar-refractivity contribution is -0.113. The third-order valence-electron chi connectivity index (χ3n) is 3.09. The molecule has 5 nitrogen and oxygen atoms in total. The van der Waals surface area contributed by atoms with Crippen LogP contribution in [0.1, 0.15) is 13.3 Å². The third kappa shape index (κ3) is 5.24. The highest BCUT2D eigenvalue weighted by Gasteiger charge is 2.28. The molecule has 0 aliphatic carbocycles. The first-order chi connectivity index (χ1) is 9.98. The van der Waals surface area contributed by atoms with Crippen LogP contribution in [0.4, 0.5) is 5.69 Å². The van der Waals surface area contributed by atoms with Gasteiger partial charge in [-0.3, -0.25) is 4.79 Å². The molecule has 0 aromatic heterocycles. The zero-order chi connectivity index (χ0) is 15.3. The normalized spacial score (nSPS) is 20.1. The van der Waals surface area contributed by atoms with E-state index in [9.17, 15) is 13.2 Å². The molecular formula is C14H19NO4S2. The molecule has 1 fully saturated rings. The van der Waals surface area contributed by atoms with Gasteiger partial charge in [0, 0.05) is 10.9 Å². The average molecular weight is 329 g/mol. The highest BCUT2D eigenvalue weighted by molar-refractivity contribution is 8.02. The SMILES string of the molecule is CCOc1ccc(NC(=O)CS[C@H]2CCS(=O)(=O)C2)cc1. The van der Waals surface area contributed by atoms with E-state index in [1.165, 1.54) is 11.8 Å². The minimum absolute atomic E-state index is 0.0427. The number of carbonyl (C=O) groups is 1. The van der Waals surface area contributed by atoms with Crippen LogP contribution < -0.4 is 10.1 Å². The van der Waals surface area contributed by atoms with Gasteiger partial charge in [-0.05, 0) is 37.6 Å². The number of sulfone groups is 1. The number of amides is 1. The van der Waals surface area contributed by atoms with Gasteiger partial charge in [0.1, 0.15) is 5.75 Å². The molecule has 1 aromatic carbocycles. The molecular weight excluding hydrogens is 310 g/mol.